The lowest BCUT2D eigenvalue weighted by Gasteiger charge is -2.22. The number of hydrogen-bond donors (Lipinski definition) is 3. The van der Waals surface area contributed by atoms with E-state index in [1.165, 1.54) is 43.8 Å². The van der Waals surface area contributed by atoms with Crippen LogP contribution in [0, 0.1) is 0 Å². The van der Waals surface area contributed by atoms with E-state index in [0.29, 0.717) is 5.56 Å². The van der Waals surface area contributed by atoms with Crippen molar-refractivity contribution in [3.05, 3.63) is 72.5 Å². The minimum atomic E-state index is -1.13. The Morgan fingerprint density at radius 3 is 2.88 bits per heavy atom. The molecule has 1 saturated heterocycles. The lowest BCUT2D eigenvalue weighted by Crippen LogP contribution is -2.36. The van der Waals surface area contributed by atoms with Crippen LogP contribution in [0.2, 0.25) is 0 Å². The van der Waals surface area contributed by atoms with Gasteiger partial charge >= 0.3 is 5.97 Å². The quantitative estimate of drug-likeness (QED) is 0.110. The standard InChI is InChI=1S/C24H28N2O7/c1-4-9-19-23(32-19)22(29)18(12-7-14-25-20(28)13-8-15-26-31-3)33-24(30)21-16(5-2)10-6-11-17(21)27/h4-11,13-15,18-19,22-23,27,29H,2,12H2,1,3H3,(H,25,28)/b9-4-,13-8-,14-7-,26-15+. The second-order valence-corrected chi connectivity index (χ2v) is 6.91. The van der Waals surface area contributed by atoms with Gasteiger partial charge in [-0.3, -0.25) is 4.79 Å². The Kier molecular flexibility index (Phi) is 10.1. The van der Waals surface area contributed by atoms with Gasteiger partial charge in [0.1, 0.15) is 42.8 Å². The second kappa shape index (κ2) is 13.0. The summed E-state index contributed by atoms with van der Waals surface area (Å²) >= 11 is 0. The monoisotopic (exact) mass is 456 g/mol. The summed E-state index contributed by atoms with van der Waals surface area (Å²) < 4.78 is 11.0. The number of phenols is 1. The fourth-order valence-corrected chi connectivity index (χ4v) is 2.99. The van der Waals surface area contributed by atoms with Crippen molar-refractivity contribution in [2.75, 3.05) is 7.11 Å². The fraction of sp³-hybridized carbons (Fsp3) is 0.292. The minimum absolute atomic E-state index is 0.0495. The van der Waals surface area contributed by atoms with Gasteiger partial charge in [0.2, 0.25) is 5.91 Å². The molecule has 9 nitrogen and oxygen atoms in total. The first-order chi connectivity index (χ1) is 15.9. The molecule has 1 amide bonds. The summed E-state index contributed by atoms with van der Waals surface area (Å²) in [5.41, 5.74) is 0.348. The van der Waals surface area contributed by atoms with E-state index in [9.17, 15) is 19.8 Å². The normalized spacial score (nSPS) is 19.7. The van der Waals surface area contributed by atoms with Gasteiger partial charge in [0.15, 0.2) is 0 Å². The third kappa shape index (κ3) is 7.74. The van der Waals surface area contributed by atoms with Gasteiger partial charge in [0, 0.05) is 18.7 Å². The molecule has 4 unspecified atom stereocenters. The lowest BCUT2D eigenvalue weighted by molar-refractivity contribution is -0.115. The molecule has 3 N–H and O–H groups in total. The molecule has 1 heterocycles. The zero-order valence-corrected chi connectivity index (χ0v) is 18.5. The molecule has 4 atom stereocenters. The van der Waals surface area contributed by atoms with Crippen LogP contribution in [0.1, 0.15) is 29.3 Å². The average molecular weight is 456 g/mol. The second-order valence-electron chi connectivity index (χ2n) is 6.91. The van der Waals surface area contributed by atoms with Crippen molar-refractivity contribution >= 4 is 24.2 Å². The van der Waals surface area contributed by atoms with E-state index in [1.807, 2.05) is 6.92 Å². The fourth-order valence-electron chi connectivity index (χ4n) is 2.99. The molecular weight excluding hydrogens is 428 g/mol. The minimum Gasteiger partial charge on any atom is -0.507 e. The number of nitrogens with one attached hydrogen (secondary N) is 1. The number of carbonyl (C=O) groups excluding carboxylic acids is 2. The third-order valence-corrected chi connectivity index (χ3v) is 4.63. The van der Waals surface area contributed by atoms with Gasteiger partial charge in [-0.1, -0.05) is 48.2 Å². The van der Waals surface area contributed by atoms with Crippen LogP contribution in [0.25, 0.3) is 6.08 Å². The highest BCUT2D eigenvalue weighted by Gasteiger charge is 2.46. The van der Waals surface area contributed by atoms with Crippen LogP contribution >= 0.6 is 0 Å². The number of rotatable bonds is 12. The number of allylic oxidation sites excluding steroid dienone is 2. The van der Waals surface area contributed by atoms with Crippen LogP contribution < -0.4 is 5.32 Å². The Hall–Kier alpha value is -3.69. The van der Waals surface area contributed by atoms with Crippen molar-refractivity contribution < 1.29 is 34.1 Å². The van der Waals surface area contributed by atoms with E-state index in [-0.39, 0.29) is 23.8 Å². The van der Waals surface area contributed by atoms with E-state index in [1.54, 1.807) is 30.4 Å². The van der Waals surface area contributed by atoms with Crippen molar-refractivity contribution in [3.63, 3.8) is 0 Å². The van der Waals surface area contributed by atoms with Gasteiger partial charge in [0.05, 0.1) is 6.21 Å². The molecule has 9 heteroatoms. The first kappa shape index (κ1) is 25.6. The molecule has 1 aliphatic heterocycles. The number of oxime groups is 1. The number of amides is 1. The van der Waals surface area contributed by atoms with Gasteiger partial charge in [-0.15, -0.1) is 0 Å². The number of nitrogens with zero attached hydrogens (tertiary/aromatic N) is 1. The summed E-state index contributed by atoms with van der Waals surface area (Å²) in [5.74, 6) is -1.48. The molecule has 1 aromatic carbocycles. The molecule has 0 aromatic heterocycles. The van der Waals surface area contributed by atoms with Crippen LogP contribution in [0.3, 0.4) is 0 Å². The molecule has 0 aliphatic carbocycles. The van der Waals surface area contributed by atoms with E-state index in [2.05, 4.69) is 21.9 Å². The van der Waals surface area contributed by atoms with Crippen LogP contribution in [0.15, 0.2) is 66.5 Å². The highest BCUT2D eigenvalue weighted by molar-refractivity contribution is 5.96. The maximum absolute atomic E-state index is 12.8. The number of carbonyl (C=O) groups is 2. The number of epoxide rings is 1. The van der Waals surface area contributed by atoms with Gasteiger partial charge in [-0.2, -0.15) is 0 Å². The Labute approximate surface area is 192 Å². The Bertz CT molecular complexity index is 952. The third-order valence-electron chi connectivity index (χ3n) is 4.63. The molecule has 33 heavy (non-hydrogen) atoms. The highest BCUT2D eigenvalue weighted by Crippen LogP contribution is 2.31. The smallest absolute Gasteiger partial charge is 0.342 e. The summed E-state index contributed by atoms with van der Waals surface area (Å²) in [6.45, 7) is 5.47. The molecule has 176 valence electrons. The molecule has 0 radical (unpaired) electrons. The predicted molar refractivity (Wildman–Crippen MR) is 123 cm³/mol. The van der Waals surface area contributed by atoms with Crippen LogP contribution in [0.4, 0.5) is 0 Å². The van der Waals surface area contributed by atoms with Crippen molar-refractivity contribution in [1.82, 2.24) is 5.32 Å². The topological polar surface area (TPSA) is 130 Å². The number of aromatic hydroxyl groups is 1. The Morgan fingerprint density at radius 2 is 2.18 bits per heavy atom. The number of aliphatic hydroxyl groups is 1. The van der Waals surface area contributed by atoms with Gasteiger partial charge in [-0.25, -0.2) is 4.79 Å². The molecule has 1 aliphatic rings. The van der Waals surface area contributed by atoms with Crippen LogP contribution in [0.5, 0.6) is 5.75 Å². The van der Waals surface area contributed by atoms with Crippen LogP contribution in [-0.2, 0) is 19.1 Å². The van der Waals surface area contributed by atoms with Crippen molar-refractivity contribution in [2.24, 2.45) is 5.16 Å². The largest absolute Gasteiger partial charge is 0.507 e. The van der Waals surface area contributed by atoms with Crippen molar-refractivity contribution in [2.45, 2.75) is 37.8 Å². The summed E-state index contributed by atoms with van der Waals surface area (Å²) in [6.07, 6.45) is 9.05. The summed E-state index contributed by atoms with van der Waals surface area (Å²) in [5, 5.41) is 26.8. The average Bonchev–Trinajstić information content (AvgIpc) is 3.57. The van der Waals surface area contributed by atoms with Crippen molar-refractivity contribution in [3.8, 4) is 5.75 Å². The SMILES string of the molecule is C=Cc1cccc(O)c1C(=O)OC(C/C=C\NC(=O)/C=C\C=N\OC)C(O)C1OC1/C=C\C. The van der Waals surface area contributed by atoms with E-state index < -0.39 is 30.2 Å². The van der Waals surface area contributed by atoms with E-state index in [0.717, 1.165) is 0 Å². The maximum Gasteiger partial charge on any atom is 0.342 e. The molecular formula is C24H28N2O7. The first-order valence-corrected chi connectivity index (χ1v) is 10.2. The number of hydrogen-bond acceptors (Lipinski definition) is 8. The van der Waals surface area contributed by atoms with Gasteiger partial charge < -0.3 is 29.8 Å². The first-order valence-electron chi connectivity index (χ1n) is 10.2. The highest BCUT2D eigenvalue weighted by atomic mass is 16.6. The van der Waals surface area contributed by atoms with Gasteiger partial charge in [-0.05, 0) is 24.6 Å². The number of benzene rings is 1. The molecule has 1 fully saturated rings. The summed E-state index contributed by atoms with van der Waals surface area (Å²) in [7, 11) is 1.38. The molecule has 1 aromatic rings. The zero-order chi connectivity index (χ0) is 24.2. The number of phenolic OH excluding ortho intramolecular Hbond substituents is 1. The maximum atomic E-state index is 12.8. The molecule has 0 saturated carbocycles. The van der Waals surface area contributed by atoms with Crippen molar-refractivity contribution in [1.29, 1.82) is 0 Å². The van der Waals surface area contributed by atoms with Crippen LogP contribution in [-0.4, -0.2) is 59.8 Å². The van der Waals surface area contributed by atoms with E-state index >= 15 is 0 Å². The summed E-state index contributed by atoms with van der Waals surface area (Å²) in [4.78, 5) is 29.0. The zero-order valence-electron chi connectivity index (χ0n) is 18.5. The number of ether oxygens (including phenoxy) is 2. The Balaban J connectivity index is 2.09. The number of aliphatic hydroxyl groups excluding tert-OH is 1. The summed E-state index contributed by atoms with van der Waals surface area (Å²) in [6, 6.07) is 4.55. The molecule has 2 rings (SSSR count). The van der Waals surface area contributed by atoms with Gasteiger partial charge in [0.25, 0.3) is 0 Å². The molecule has 0 bridgehead atoms. The number of esters is 1. The Morgan fingerprint density at radius 1 is 1.39 bits per heavy atom. The van der Waals surface area contributed by atoms with E-state index in [4.69, 9.17) is 9.47 Å². The predicted octanol–water partition coefficient (Wildman–Crippen LogP) is 2.47. The molecule has 0 spiro atoms. The lowest BCUT2D eigenvalue weighted by atomic mass is 10.0.